The van der Waals surface area contributed by atoms with Gasteiger partial charge in [-0.1, -0.05) is 11.3 Å². The molecule has 14 heteroatoms. The average Bonchev–Trinajstić information content (AvgIpc) is 3.26. The fourth-order valence-corrected chi connectivity index (χ4v) is 5.22. The molecule has 9 nitrogen and oxygen atoms in total. The number of hydrogen-bond donors (Lipinski definition) is 2. The third-order valence-corrected chi connectivity index (χ3v) is 7.50. The summed E-state index contributed by atoms with van der Waals surface area (Å²) >= 11 is 1.25. The minimum atomic E-state index is -4.50. The molecule has 4 heterocycles. The molecule has 1 fully saturated rings. The van der Waals surface area contributed by atoms with Crippen LogP contribution in [-0.4, -0.2) is 66.6 Å². The van der Waals surface area contributed by atoms with Crippen molar-refractivity contribution in [1.82, 2.24) is 20.3 Å². The number of amides is 1. The van der Waals surface area contributed by atoms with Gasteiger partial charge in [-0.15, -0.1) is 0 Å². The summed E-state index contributed by atoms with van der Waals surface area (Å²) < 4.78 is 60.3. The van der Waals surface area contributed by atoms with Gasteiger partial charge in [0.25, 0.3) is 5.91 Å². The lowest BCUT2D eigenvalue weighted by molar-refractivity contribution is -0.123. The number of sulfone groups is 1. The lowest BCUT2D eigenvalue weighted by Gasteiger charge is -2.28. The molecule has 1 aliphatic heterocycles. The van der Waals surface area contributed by atoms with E-state index in [-0.39, 0.29) is 17.1 Å². The summed E-state index contributed by atoms with van der Waals surface area (Å²) in [6.07, 6.45) is 1.34. The van der Waals surface area contributed by atoms with Crippen molar-refractivity contribution in [3.8, 4) is 10.4 Å². The van der Waals surface area contributed by atoms with E-state index in [9.17, 15) is 26.4 Å². The predicted molar refractivity (Wildman–Crippen MR) is 122 cm³/mol. The minimum absolute atomic E-state index is 0.00238. The highest BCUT2D eigenvalue weighted by Crippen LogP contribution is 2.31. The molecule has 0 radical (unpaired) electrons. The molecule has 2 N–H and O–H groups in total. The van der Waals surface area contributed by atoms with Crippen LogP contribution in [0.25, 0.3) is 10.4 Å². The van der Waals surface area contributed by atoms with E-state index in [1.165, 1.54) is 29.8 Å². The van der Waals surface area contributed by atoms with E-state index < -0.39 is 28.5 Å². The number of anilines is 3. The zero-order valence-corrected chi connectivity index (χ0v) is 19.2. The van der Waals surface area contributed by atoms with Gasteiger partial charge >= 0.3 is 6.18 Å². The summed E-state index contributed by atoms with van der Waals surface area (Å²) in [6, 6.07) is 5.04. The Kier molecular flexibility index (Phi) is 6.70. The Morgan fingerprint density at radius 3 is 2.62 bits per heavy atom. The van der Waals surface area contributed by atoms with Crippen LogP contribution in [0, 0.1) is 0 Å². The third kappa shape index (κ3) is 6.20. The van der Waals surface area contributed by atoms with Gasteiger partial charge in [-0.3, -0.25) is 9.78 Å². The van der Waals surface area contributed by atoms with Crippen LogP contribution in [0.5, 0.6) is 0 Å². The molecule has 0 atom stereocenters. The minimum Gasteiger partial charge on any atom is -0.369 e. The van der Waals surface area contributed by atoms with E-state index in [0.717, 1.165) is 5.69 Å². The number of alkyl halides is 3. The van der Waals surface area contributed by atoms with Gasteiger partial charge in [0.1, 0.15) is 12.4 Å². The molecule has 0 spiro atoms. The second kappa shape index (κ2) is 9.54. The molecule has 180 valence electrons. The highest BCUT2D eigenvalue weighted by molar-refractivity contribution is 7.91. The van der Waals surface area contributed by atoms with E-state index >= 15 is 0 Å². The largest absolute Gasteiger partial charge is 0.405 e. The molecule has 1 amide bonds. The van der Waals surface area contributed by atoms with E-state index in [0.29, 0.717) is 34.5 Å². The van der Waals surface area contributed by atoms with Crippen LogP contribution >= 0.6 is 11.3 Å². The molecule has 1 aliphatic rings. The number of aromatic nitrogens is 3. The summed E-state index contributed by atoms with van der Waals surface area (Å²) in [7, 11) is -2.99. The molecule has 0 aromatic carbocycles. The van der Waals surface area contributed by atoms with Crippen LogP contribution in [0.4, 0.5) is 29.8 Å². The number of carbonyl (C=O) groups excluding carboxylic acids is 1. The van der Waals surface area contributed by atoms with Crippen molar-refractivity contribution < 1.29 is 26.4 Å². The van der Waals surface area contributed by atoms with Crippen LogP contribution in [0.2, 0.25) is 0 Å². The van der Waals surface area contributed by atoms with Gasteiger partial charge in [0.2, 0.25) is 0 Å². The van der Waals surface area contributed by atoms with Gasteiger partial charge in [0.15, 0.2) is 15.0 Å². The average molecular weight is 513 g/mol. The maximum atomic E-state index is 12.3. The summed E-state index contributed by atoms with van der Waals surface area (Å²) in [5, 5.41) is 5.42. The SMILES string of the molecule is O=C(NCC(F)(F)F)c1cncc(-c2cnc(Nc3cc(N4CCS(=O)(=O)CC4)ccn3)s2)c1. The fourth-order valence-electron chi connectivity index (χ4n) is 3.21. The number of halogens is 3. The zero-order chi connectivity index (χ0) is 24.3. The normalized spacial score (nSPS) is 15.7. The number of thiazole rings is 1. The zero-order valence-electron chi connectivity index (χ0n) is 17.5. The molecule has 34 heavy (non-hydrogen) atoms. The van der Waals surface area contributed by atoms with Gasteiger partial charge in [-0.25, -0.2) is 18.4 Å². The van der Waals surface area contributed by atoms with Crippen molar-refractivity contribution in [2.24, 2.45) is 0 Å². The van der Waals surface area contributed by atoms with Crippen molar-refractivity contribution in [3.05, 3.63) is 48.5 Å². The number of hydrogen-bond acceptors (Lipinski definition) is 9. The lowest BCUT2D eigenvalue weighted by Crippen LogP contribution is -2.40. The van der Waals surface area contributed by atoms with E-state index in [4.69, 9.17) is 0 Å². The van der Waals surface area contributed by atoms with Crippen LogP contribution in [0.15, 0.2) is 43.0 Å². The Balaban J connectivity index is 1.44. The van der Waals surface area contributed by atoms with Gasteiger partial charge in [-0.2, -0.15) is 13.2 Å². The second-order valence-electron chi connectivity index (χ2n) is 7.45. The number of nitrogens with one attached hydrogen (secondary N) is 2. The first-order valence-corrected chi connectivity index (χ1v) is 12.7. The van der Waals surface area contributed by atoms with Crippen LogP contribution in [0.3, 0.4) is 0 Å². The first-order chi connectivity index (χ1) is 16.1. The second-order valence-corrected chi connectivity index (χ2v) is 10.8. The highest BCUT2D eigenvalue weighted by atomic mass is 32.2. The number of pyridine rings is 2. The Morgan fingerprint density at radius 2 is 1.88 bits per heavy atom. The molecule has 4 rings (SSSR count). The fraction of sp³-hybridized carbons (Fsp3) is 0.300. The van der Waals surface area contributed by atoms with Crippen molar-refractivity contribution in [3.63, 3.8) is 0 Å². The molecule has 0 aliphatic carbocycles. The lowest BCUT2D eigenvalue weighted by atomic mass is 10.2. The summed E-state index contributed by atoms with van der Waals surface area (Å²) in [5.74, 6) is -0.142. The predicted octanol–water partition coefficient (Wildman–Crippen LogP) is 2.87. The Hall–Kier alpha value is -3.26. The maximum absolute atomic E-state index is 12.3. The van der Waals surface area contributed by atoms with Crippen molar-refractivity contribution in [2.75, 3.05) is 41.4 Å². The van der Waals surface area contributed by atoms with Gasteiger partial charge in [0, 0.05) is 55.2 Å². The Bertz CT molecular complexity index is 1280. The number of carbonyl (C=O) groups is 1. The molecule has 1 saturated heterocycles. The van der Waals surface area contributed by atoms with Crippen molar-refractivity contribution in [2.45, 2.75) is 6.18 Å². The van der Waals surface area contributed by atoms with Crippen LogP contribution < -0.4 is 15.5 Å². The van der Waals surface area contributed by atoms with E-state index in [1.807, 2.05) is 10.2 Å². The highest BCUT2D eigenvalue weighted by Gasteiger charge is 2.28. The quantitative estimate of drug-likeness (QED) is 0.518. The van der Waals surface area contributed by atoms with Gasteiger partial charge < -0.3 is 15.5 Å². The standard InChI is InChI=1S/C20H19F3N6O3S2/c21-20(22,23)12-27-18(30)14-7-13(9-24-10-14)16-11-26-19(33-16)28-17-8-15(1-2-25-17)29-3-5-34(31,32)6-4-29/h1-2,7-11H,3-6,12H2,(H,27,30)(H,25,26,28). The first-order valence-electron chi connectivity index (χ1n) is 10.0. The monoisotopic (exact) mass is 512 g/mol. The molecular weight excluding hydrogens is 493 g/mol. The molecule has 0 unspecified atom stereocenters. The molecule has 3 aromatic rings. The van der Waals surface area contributed by atoms with Crippen molar-refractivity contribution >= 4 is 43.7 Å². The first kappa shape index (κ1) is 23.9. The van der Waals surface area contributed by atoms with Gasteiger partial charge in [0.05, 0.1) is 21.9 Å². The smallest absolute Gasteiger partial charge is 0.369 e. The Morgan fingerprint density at radius 1 is 1.12 bits per heavy atom. The van der Waals surface area contributed by atoms with Crippen LogP contribution in [0.1, 0.15) is 10.4 Å². The molecule has 0 saturated carbocycles. The molecule has 0 bridgehead atoms. The summed E-state index contributed by atoms with van der Waals surface area (Å²) in [4.78, 5) is 27.1. The van der Waals surface area contributed by atoms with Crippen LogP contribution in [-0.2, 0) is 9.84 Å². The van der Waals surface area contributed by atoms with Crippen molar-refractivity contribution in [1.29, 1.82) is 0 Å². The number of rotatable bonds is 6. The van der Waals surface area contributed by atoms with E-state index in [2.05, 4.69) is 20.3 Å². The third-order valence-electron chi connectivity index (χ3n) is 4.93. The Labute approximate surface area is 197 Å². The van der Waals surface area contributed by atoms with E-state index in [1.54, 1.807) is 24.5 Å². The maximum Gasteiger partial charge on any atom is 0.405 e. The summed E-state index contributed by atoms with van der Waals surface area (Å²) in [5.41, 5.74) is 1.37. The summed E-state index contributed by atoms with van der Waals surface area (Å²) in [6.45, 7) is -0.607. The molecular formula is C20H19F3N6O3S2. The number of nitrogens with zero attached hydrogens (tertiary/aromatic N) is 4. The van der Waals surface area contributed by atoms with Gasteiger partial charge in [-0.05, 0) is 12.1 Å². The topological polar surface area (TPSA) is 117 Å². The molecule has 3 aromatic heterocycles.